The maximum Gasteiger partial charge on any atom is 0.409 e. The highest BCUT2D eigenvalue weighted by Crippen LogP contribution is 2.43. The first-order valence-corrected chi connectivity index (χ1v) is 9.13. The van der Waals surface area contributed by atoms with Gasteiger partial charge < -0.3 is 15.0 Å². The number of rotatable bonds is 5. The Morgan fingerprint density at radius 2 is 2.15 bits per heavy atom. The number of halogens is 1. The second-order valence-corrected chi connectivity index (χ2v) is 7.24. The molecular formula is C19H22FN5O2. The van der Waals surface area contributed by atoms with Crippen molar-refractivity contribution in [2.75, 3.05) is 32.1 Å². The maximum absolute atomic E-state index is 14.2. The Kier molecular flexibility index (Phi) is 4.63. The summed E-state index contributed by atoms with van der Waals surface area (Å²) < 4.78 is 18.9. The number of hydrogen-bond acceptors (Lipinski definition) is 6. The molecule has 2 aromatic heterocycles. The van der Waals surface area contributed by atoms with Crippen molar-refractivity contribution in [3.63, 3.8) is 0 Å². The Balaban J connectivity index is 1.37. The van der Waals surface area contributed by atoms with Crippen LogP contribution < -0.4 is 5.32 Å². The van der Waals surface area contributed by atoms with Crippen LogP contribution in [0.15, 0.2) is 30.5 Å². The van der Waals surface area contributed by atoms with Crippen LogP contribution in [0.4, 0.5) is 15.0 Å². The number of pyridine rings is 1. The number of carbonyl (C=O) groups excluding carboxylic acids is 1. The van der Waals surface area contributed by atoms with Gasteiger partial charge in [-0.3, -0.25) is 4.98 Å². The summed E-state index contributed by atoms with van der Waals surface area (Å²) in [5, 5.41) is 11.8. The molecule has 1 saturated heterocycles. The molecule has 2 aliphatic rings. The zero-order valence-electron chi connectivity index (χ0n) is 15.2. The van der Waals surface area contributed by atoms with Crippen molar-refractivity contribution in [1.82, 2.24) is 20.1 Å². The molecule has 1 amide bonds. The minimum atomic E-state index is -0.315. The smallest absolute Gasteiger partial charge is 0.409 e. The van der Waals surface area contributed by atoms with Crippen LogP contribution in [-0.2, 0) is 10.2 Å². The summed E-state index contributed by atoms with van der Waals surface area (Å²) in [6.45, 7) is 1.76. The molecule has 8 heteroatoms. The lowest BCUT2D eigenvalue weighted by Gasteiger charge is -2.41. The number of amides is 1. The lowest BCUT2D eigenvalue weighted by molar-refractivity contribution is 0.0870. The standard InChI is InChI=1S/C19H22FN5O2/c1-27-18(26)25-10-13(11-25)15-5-6-16(24-23-15)22-12-19(7-3-8-19)17-14(20)4-2-9-21-17/h2,4-6,9,13H,3,7-8,10-12H2,1H3,(H,22,24). The zero-order valence-corrected chi connectivity index (χ0v) is 15.2. The Morgan fingerprint density at radius 1 is 1.33 bits per heavy atom. The van der Waals surface area contributed by atoms with Crippen molar-refractivity contribution in [1.29, 1.82) is 0 Å². The number of ether oxygens (including phenoxy) is 1. The topological polar surface area (TPSA) is 80.2 Å². The molecule has 0 spiro atoms. The molecule has 2 fully saturated rings. The number of nitrogens with one attached hydrogen (secondary N) is 1. The third-order valence-electron chi connectivity index (χ3n) is 5.60. The average molecular weight is 371 g/mol. The maximum atomic E-state index is 14.2. The van der Waals surface area contributed by atoms with E-state index in [0.29, 0.717) is 31.1 Å². The summed E-state index contributed by atoms with van der Waals surface area (Å²) in [7, 11) is 1.38. The lowest BCUT2D eigenvalue weighted by atomic mass is 9.66. The van der Waals surface area contributed by atoms with Gasteiger partial charge in [-0.2, -0.15) is 5.10 Å². The molecule has 3 heterocycles. The van der Waals surface area contributed by atoms with E-state index >= 15 is 0 Å². The third-order valence-corrected chi connectivity index (χ3v) is 5.60. The summed E-state index contributed by atoms with van der Waals surface area (Å²) in [6.07, 6.45) is 4.21. The first kappa shape index (κ1) is 17.6. The zero-order chi connectivity index (χ0) is 18.9. The first-order chi connectivity index (χ1) is 13.1. The molecule has 1 aliphatic heterocycles. The van der Waals surface area contributed by atoms with E-state index in [-0.39, 0.29) is 23.2 Å². The molecule has 0 unspecified atom stereocenters. The minimum Gasteiger partial charge on any atom is -0.453 e. The number of carbonyl (C=O) groups is 1. The van der Waals surface area contributed by atoms with Crippen LogP contribution >= 0.6 is 0 Å². The monoisotopic (exact) mass is 371 g/mol. The molecule has 27 heavy (non-hydrogen) atoms. The first-order valence-electron chi connectivity index (χ1n) is 9.13. The number of anilines is 1. The fourth-order valence-electron chi connectivity index (χ4n) is 3.73. The molecule has 1 aliphatic carbocycles. The van der Waals surface area contributed by atoms with Gasteiger partial charge in [0.2, 0.25) is 0 Å². The van der Waals surface area contributed by atoms with Crippen LogP contribution in [0.25, 0.3) is 0 Å². The van der Waals surface area contributed by atoms with Gasteiger partial charge in [0, 0.05) is 37.2 Å². The highest BCUT2D eigenvalue weighted by Gasteiger charge is 2.42. The van der Waals surface area contributed by atoms with E-state index in [4.69, 9.17) is 4.74 Å². The Hall–Kier alpha value is -2.77. The molecule has 0 radical (unpaired) electrons. The normalized spacial score (nSPS) is 18.4. The summed E-state index contributed by atoms with van der Waals surface area (Å²) in [5.74, 6) is 0.595. The lowest BCUT2D eigenvalue weighted by Crippen LogP contribution is -2.48. The molecular weight excluding hydrogens is 349 g/mol. The molecule has 1 N–H and O–H groups in total. The van der Waals surface area contributed by atoms with Gasteiger partial charge in [0.1, 0.15) is 11.6 Å². The van der Waals surface area contributed by atoms with Crippen molar-refractivity contribution in [2.45, 2.75) is 30.6 Å². The number of aromatic nitrogens is 3. The average Bonchev–Trinajstić information content (AvgIpc) is 2.62. The highest BCUT2D eigenvalue weighted by molar-refractivity contribution is 5.68. The molecule has 2 aromatic rings. The van der Waals surface area contributed by atoms with Crippen molar-refractivity contribution in [2.24, 2.45) is 0 Å². The molecule has 142 valence electrons. The number of likely N-dealkylation sites (tertiary alicyclic amines) is 1. The summed E-state index contributed by atoms with van der Waals surface area (Å²) in [5.41, 5.74) is 1.11. The van der Waals surface area contributed by atoms with E-state index in [2.05, 4.69) is 20.5 Å². The minimum absolute atomic E-state index is 0.186. The van der Waals surface area contributed by atoms with Crippen LogP contribution in [0, 0.1) is 5.82 Å². The molecule has 0 atom stereocenters. The van der Waals surface area contributed by atoms with Crippen molar-refractivity contribution >= 4 is 11.9 Å². The molecule has 1 saturated carbocycles. The van der Waals surface area contributed by atoms with E-state index in [9.17, 15) is 9.18 Å². The molecule has 4 rings (SSSR count). The van der Waals surface area contributed by atoms with E-state index < -0.39 is 0 Å². The van der Waals surface area contributed by atoms with E-state index in [1.807, 2.05) is 12.1 Å². The summed E-state index contributed by atoms with van der Waals surface area (Å²) >= 11 is 0. The quantitative estimate of drug-likeness (QED) is 0.870. The van der Waals surface area contributed by atoms with Gasteiger partial charge in [0.25, 0.3) is 0 Å². The van der Waals surface area contributed by atoms with Gasteiger partial charge in [-0.15, -0.1) is 5.10 Å². The van der Waals surface area contributed by atoms with Gasteiger partial charge >= 0.3 is 6.09 Å². The van der Waals surface area contributed by atoms with Gasteiger partial charge in [0.15, 0.2) is 0 Å². The summed E-state index contributed by atoms with van der Waals surface area (Å²) in [6, 6.07) is 6.88. The van der Waals surface area contributed by atoms with Crippen LogP contribution in [0.2, 0.25) is 0 Å². The second kappa shape index (κ2) is 7.09. The second-order valence-electron chi connectivity index (χ2n) is 7.24. The highest BCUT2D eigenvalue weighted by atomic mass is 19.1. The van der Waals surface area contributed by atoms with Crippen molar-refractivity contribution in [3.8, 4) is 0 Å². The van der Waals surface area contributed by atoms with Gasteiger partial charge in [-0.25, -0.2) is 9.18 Å². The molecule has 0 aromatic carbocycles. The predicted octanol–water partition coefficient (Wildman–Crippen LogP) is 2.71. The van der Waals surface area contributed by atoms with Crippen LogP contribution in [-0.4, -0.2) is 52.9 Å². The number of hydrogen-bond donors (Lipinski definition) is 1. The van der Waals surface area contributed by atoms with Crippen molar-refractivity contribution < 1.29 is 13.9 Å². The van der Waals surface area contributed by atoms with Gasteiger partial charge in [0.05, 0.1) is 18.5 Å². The fraction of sp³-hybridized carbons (Fsp3) is 0.474. The van der Waals surface area contributed by atoms with E-state index in [1.54, 1.807) is 17.2 Å². The largest absolute Gasteiger partial charge is 0.453 e. The third kappa shape index (κ3) is 3.31. The van der Waals surface area contributed by atoms with Gasteiger partial charge in [-0.05, 0) is 37.1 Å². The van der Waals surface area contributed by atoms with E-state index in [1.165, 1.54) is 13.2 Å². The van der Waals surface area contributed by atoms with E-state index in [0.717, 1.165) is 25.0 Å². The number of methoxy groups -OCH3 is 1. The van der Waals surface area contributed by atoms with Crippen LogP contribution in [0.1, 0.15) is 36.6 Å². The molecule has 0 bridgehead atoms. The predicted molar refractivity (Wildman–Crippen MR) is 97.0 cm³/mol. The van der Waals surface area contributed by atoms with Crippen LogP contribution in [0.3, 0.4) is 0 Å². The van der Waals surface area contributed by atoms with Crippen molar-refractivity contribution in [3.05, 3.63) is 47.7 Å². The SMILES string of the molecule is COC(=O)N1CC(c2ccc(NCC3(c4ncccc4F)CCC3)nn2)C1. The molecule has 7 nitrogen and oxygen atoms in total. The van der Waals surface area contributed by atoms with Crippen LogP contribution in [0.5, 0.6) is 0 Å². The Morgan fingerprint density at radius 3 is 2.74 bits per heavy atom. The number of nitrogens with zero attached hydrogens (tertiary/aromatic N) is 4. The fourth-order valence-corrected chi connectivity index (χ4v) is 3.73. The Labute approximate surface area is 157 Å². The summed E-state index contributed by atoms with van der Waals surface area (Å²) in [4.78, 5) is 17.3. The Bertz CT molecular complexity index is 819. The van der Waals surface area contributed by atoms with Gasteiger partial charge in [-0.1, -0.05) is 6.42 Å².